The Morgan fingerprint density at radius 2 is 1.60 bits per heavy atom. The zero-order valence-corrected chi connectivity index (χ0v) is 22.8. The molecule has 3 aromatic rings. The molecular formula is C31H36N6O3. The van der Waals surface area contributed by atoms with Crippen LogP contribution in [-0.4, -0.2) is 65.9 Å². The van der Waals surface area contributed by atoms with Crippen molar-refractivity contribution in [3.63, 3.8) is 0 Å². The lowest BCUT2D eigenvalue weighted by Crippen LogP contribution is -2.49. The molecule has 2 heterocycles. The lowest BCUT2D eigenvalue weighted by Gasteiger charge is -2.37. The largest absolute Gasteiger partial charge is 0.366 e. The van der Waals surface area contributed by atoms with Crippen molar-refractivity contribution in [3.8, 4) is 0 Å². The number of anilines is 2. The maximum absolute atomic E-state index is 13.1. The van der Waals surface area contributed by atoms with Crippen molar-refractivity contribution in [1.82, 2.24) is 15.2 Å². The molecule has 1 saturated carbocycles. The quantitative estimate of drug-likeness (QED) is 0.439. The summed E-state index contributed by atoms with van der Waals surface area (Å²) in [6, 6.07) is 16.7. The molecule has 9 nitrogen and oxygen atoms in total. The van der Waals surface area contributed by atoms with Gasteiger partial charge in [-0.15, -0.1) is 0 Å². The highest BCUT2D eigenvalue weighted by atomic mass is 16.2. The molecule has 0 radical (unpaired) electrons. The van der Waals surface area contributed by atoms with Gasteiger partial charge in [0.2, 0.25) is 0 Å². The van der Waals surface area contributed by atoms with Crippen LogP contribution in [0.15, 0.2) is 67.0 Å². The number of hydrogen-bond donors (Lipinski definition) is 3. The Morgan fingerprint density at radius 1 is 0.850 bits per heavy atom. The first-order valence-electron chi connectivity index (χ1n) is 13.9. The summed E-state index contributed by atoms with van der Waals surface area (Å²) in [5, 5.41) is 6.13. The summed E-state index contributed by atoms with van der Waals surface area (Å²) in [6.07, 6.45) is 6.64. The number of nitrogens with one attached hydrogen (secondary N) is 2. The average Bonchev–Trinajstić information content (AvgIpc) is 2.98. The first kappa shape index (κ1) is 27.3. The third-order valence-electron chi connectivity index (χ3n) is 7.71. The fourth-order valence-corrected chi connectivity index (χ4v) is 5.39. The normalized spacial score (nSPS) is 19.1. The van der Waals surface area contributed by atoms with E-state index in [1.165, 1.54) is 6.20 Å². The Kier molecular flexibility index (Phi) is 8.40. The van der Waals surface area contributed by atoms with Gasteiger partial charge in [-0.2, -0.15) is 0 Å². The van der Waals surface area contributed by atoms with Crippen molar-refractivity contribution < 1.29 is 14.4 Å². The topological polar surface area (TPSA) is 121 Å². The van der Waals surface area contributed by atoms with Crippen molar-refractivity contribution in [2.75, 3.05) is 36.4 Å². The Hall–Kier alpha value is -4.24. The van der Waals surface area contributed by atoms with E-state index in [1.54, 1.807) is 30.5 Å². The van der Waals surface area contributed by atoms with Gasteiger partial charge in [-0.05, 0) is 75.1 Å². The average molecular weight is 541 g/mol. The van der Waals surface area contributed by atoms with Crippen LogP contribution in [0.3, 0.4) is 0 Å². The molecule has 40 heavy (non-hydrogen) atoms. The summed E-state index contributed by atoms with van der Waals surface area (Å²) in [7, 11) is 0. The summed E-state index contributed by atoms with van der Waals surface area (Å²) in [5.41, 5.74) is 10.0. The molecule has 1 aliphatic carbocycles. The molecule has 0 atom stereocenters. The zero-order valence-electron chi connectivity index (χ0n) is 22.8. The van der Waals surface area contributed by atoms with Crippen molar-refractivity contribution in [2.45, 2.75) is 44.7 Å². The summed E-state index contributed by atoms with van der Waals surface area (Å²) >= 11 is 0. The molecule has 0 unspecified atom stereocenters. The Morgan fingerprint density at radius 3 is 2.30 bits per heavy atom. The van der Waals surface area contributed by atoms with Crippen LogP contribution in [-0.2, 0) is 0 Å². The molecule has 1 aromatic heterocycles. The van der Waals surface area contributed by atoms with Crippen molar-refractivity contribution >= 4 is 29.1 Å². The molecule has 2 fully saturated rings. The molecule has 1 saturated heterocycles. The Bertz CT molecular complexity index is 1360. The van der Waals surface area contributed by atoms with Crippen molar-refractivity contribution in [1.29, 1.82) is 0 Å². The minimum Gasteiger partial charge on any atom is -0.366 e. The second-order valence-corrected chi connectivity index (χ2v) is 10.7. The van der Waals surface area contributed by atoms with Gasteiger partial charge in [-0.25, -0.2) is 0 Å². The number of carbonyl (C=O) groups is 3. The van der Waals surface area contributed by atoms with Gasteiger partial charge in [0.05, 0.1) is 16.9 Å². The van der Waals surface area contributed by atoms with E-state index in [0.29, 0.717) is 48.6 Å². The van der Waals surface area contributed by atoms with E-state index < -0.39 is 0 Å². The second-order valence-electron chi connectivity index (χ2n) is 10.7. The standard InChI is InChI=1S/C31H36N6O3/c1-21-4-2-5-23(18-21)31(40)37-16-14-36(15-17-37)28-12-7-22(29(38)34-26-10-8-25(32)9-11-26)19-27(28)35-30(39)24-6-3-13-33-20-24/h2-7,12-13,18-20,25-26H,8-11,14-17,32H2,1H3,(H,34,38)(H,35,39). The van der Waals surface area contributed by atoms with E-state index in [9.17, 15) is 14.4 Å². The fraction of sp³-hybridized carbons (Fsp3) is 0.355. The molecule has 5 rings (SSSR count). The van der Waals surface area contributed by atoms with Crippen molar-refractivity contribution in [2.24, 2.45) is 5.73 Å². The molecular weight excluding hydrogens is 504 g/mol. The van der Waals surface area contributed by atoms with E-state index in [-0.39, 0.29) is 29.8 Å². The van der Waals surface area contributed by atoms with Crippen LogP contribution in [0.5, 0.6) is 0 Å². The third-order valence-corrected chi connectivity index (χ3v) is 7.71. The third kappa shape index (κ3) is 6.48. The smallest absolute Gasteiger partial charge is 0.257 e. The van der Waals surface area contributed by atoms with E-state index >= 15 is 0 Å². The number of amides is 3. The lowest BCUT2D eigenvalue weighted by molar-refractivity contribution is 0.0746. The number of hydrogen-bond acceptors (Lipinski definition) is 6. The van der Waals surface area contributed by atoms with Gasteiger partial charge in [-0.3, -0.25) is 19.4 Å². The highest BCUT2D eigenvalue weighted by Crippen LogP contribution is 2.30. The summed E-state index contributed by atoms with van der Waals surface area (Å²) < 4.78 is 0. The lowest BCUT2D eigenvalue weighted by atomic mass is 9.91. The van der Waals surface area contributed by atoms with E-state index in [2.05, 4.69) is 20.5 Å². The van der Waals surface area contributed by atoms with Gasteiger partial charge < -0.3 is 26.2 Å². The summed E-state index contributed by atoms with van der Waals surface area (Å²) in [6.45, 7) is 4.27. The first-order valence-corrected chi connectivity index (χ1v) is 13.9. The SMILES string of the molecule is Cc1cccc(C(=O)N2CCN(c3ccc(C(=O)NC4CCC(N)CC4)cc3NC(=O)c3cccnc3)CC2)c1. The number of nitrogens with zero attached hydrogens (tertiary/aromatic N) is 3. The summed E-state index contributed by atoms with van der Waals surface area (Å²) in [4.78, 5) is 47.3. The van der Waals surface area contributed by atoms with Crippen molar-refractivity contribution in [3.05, 3.63) is 89.2 Å². The predicted octanol–water partition coefficient (Wildman–Crippen LogP) is 3.60. The van der Waals surface area contributed by atoms with Gasteiger partial charge in [0.25, 0.3) is 17.7 Å². The minimum absolute atomic E-state index is 0.0177. The van der Waals surface area contributed by atoms with Gasteiger partial charge in [0.15, 0.2) is 0 Å². The number of nitrogens with two attached hydrogens (primary N) is 1. The highest BCUT2D eigenvalue weighted by Gasteiger charge is 2.26. The Balaban J connectivity index is 1.33. The van der Waals surface area contributed by atoms with Crippen LogP contribution in [0, 0.1) is 6.92 Å². The molecule has 4 N–H and O–H groups in total. The number of rotatable bonds is 6. The van der Waals surface area contributed by atoms with Gasteiger partial charge in [-0.1, -0.05) is 17.7 Å². The number of benzene rings is 2. The van der Waals surface area contributed by atoms with Gasteiger partial charge >= 0.3 is 0 Å². The molecule has 0 bridgehead atoms. The number of piperazine rings is 1. The zero-order chi connectivity index (χ0) is 28.1. The van der Waals surface area contributed by atoms with E-state index in [1.807, 2.05) is 42.2 Å². The van der Waals surface area contributed by atoms with Crippen LogP contribution >= 0.6 is 0 Å². The van der Waals surface area contributed by atoms with Crippen LogP contribution in [0.2, 0.25) is 0 Å². The fourth-order valence-electron chi connectivity index (χ4n) is 5.39. The maximum Gasteiger partial charge on any atom is 0.257 e. The number of aromatic nitrogens is 1. The van der Waals surface area contributed by atoms with Crippen LogP contribution in [0.1, 0.15) is 62.3 Å². The maximum atomic E-state index is 13.1. The first-order chi connectivity index (χ1) is 19.4. The summed E-state index contributed by atoms with van der Waals surface area (Å²) in [5.74, 6) is -0.456. The molecule has 208 valence electrons. The van der Waals surface area contributed by atoms with E-state index in [0.717, 1.165) is 36.9 Å². The van der Waals surface area contributed by atoms with Crippen LogP contribution in [0.25, 0.3) is 0 Å². The van der Waals surface area contributed by atoms with E-state index in [4.69, 9.17) is 5.73 Å². The predicted molar refractivity (Wildman–Crippen MR) is 156 cm³/mol. The Labute approximate surface area is 234 Å². The van der Waals surface area contributed by atoms with Gasteiger partial charge in [0.1, 0.15) is 0 Å². The second kappa shape index (κ2) is 12.3. The monoisotopic (exact) mass is 540 g/mol. The molecule has 3 amide bonds. The number of aryl methyl sites for hydroxylation is 1. The molecule has 1 aliphatic heterocycles. The molecule has 0 spiro atoms. The van der Waals surface area contributed by atoms with Crippen LogP contribution in [0.4, 0.5) is 11.4 Å². The highest BCUT2D eigenvalue weighted by molar-refractivity contribution is 6.07. The minimum atomic E-state index is -0.304. The van der Waals surface area contributed by atoms with Crippen LogP contribution < -0.4 is 21.3 Å². The van der Waals surface area contributed by atoms with Gasteiger partial charge in [0, 0.05) is 61.8 Å². The number of pyridine rings is 1. The number of carbonyl (C=O) groups excluding carboxylic acids is 3. The molecule has 2 aliphatic rings. The molecule has 2 aromatic carbocycles. The molecule has 9 heteroatoms.